The number of aliphatic hydroxyl groups is 1. The van der Waals surface area contributed by atoms with Gasteiger partial charge in [0, 0.05) is 30.9 Å². The molecule has 0 radical (unpaired) electrons. The van der Waals surface area contributed by atoms with Crippen molar-refractivity contribution in [3.63, 3.8) is 0 Å². The third-order valence-corrected chi connectivity index (χ3v) is 5.56. The smallest absolute Gasteiger partial charge is 0.239 e. The van der Waals surface area contributed by atoms with Crippen LogP contribution in [0.1, 0.15) is 37.3 Å². The molecule has 31 heavy (non-hydrogen) atoms. The molecule has 10 nitrogen and oxygen atoms in total. The molecule has 0 aliphatic carbocycles. The van der Waals surface area contributed by atoms with Crippen molar-refractivity contribution >= 4 is 11.8 Å². The first-order chi connectivity index (χ1) is 15.0. The molecule has 0 amide bonds. The predicted molar refractivity (Wildman–Crippen MR) is 116 cm³/mol. The molecule has 3 aromatic rings. The Hall–Kier alpha value is -3.40. The quantitative estimate of drug-likeness (QED) is 0.639. The first-order valence-electron chi connectivity index (χ1n) is 10.5. The minimum atomic E-state index is -0.123. The van der Waals surface area contributed by atoms with Crippen molar-refractivity contribution in [2.24, 2.45) is 4.99 Å². The van der Waals surface area contributed by atoms with E-state index in [1.807, 2.05) is 33.6 Å². The fourth-order valence-corrected chi connectivity index (χ4v) is 4.10. The van der Waals surface area contributed by atoms with Gasteiger partial charge in [-0.25, -0.2) is 9.67 Å². The molecule has 1 atom stereocenters. The Morgan fingerprint density at radius 3 is 3.00 bits per heavy atom. The van der Waals surface area contributed by atoms with Gasteiger partial charge in [0.15, 0.2) is 5.82 Å². The SMILES string of the molecule is CC(C)n1nc(N)nc1C1CN2CCOc3cc(-c4cn(CCO)cn4)ccc3C2=N1. The van der Waals surface area contributed by atoms with Crippen LogP contribution in [-0.2, 0) is 6.54 Å². The maximum Gasteiger partial charge on any atom is 0.239 e. The summed E-state index contributed by atoms with van der Waals surface area (Å²) in [6.45, 7) is 6.75. The minimum absolute atomic E-state index is 0.0795. The number of aliphatic hydroxyl groups excluding tert-OH is 1. The summed E-state index contributed by atoms with van der Waals surface area (Å²) in [5, 5.41) is 13.5. The van der Waals surface area contributed by atoms with E-state index in [1.165, 1.54) is 0 Å². The molecule has 0 bridgehead atoms. The van der Waals surface area contributed by atoms with Crippen molar-refractivity contribution in [1.29, 1.82) is 0 Å². The first-order valence-corrected chi connectivity index (χ1v) is 10.5. The second kappa shape index (κ2) is 7.69. The largest absolute Gasteiger partial charge is 0.491 e. The van der Waals surface area contributed by atoms with Crippen molar-refractivity contribution in [2.45, 2.75) is 32.5 Å². The number of benzene rings is 1. The number of anilines is 1. The number of amidine groups is 1. The number of aromatic nitrogens is 5. The highest BCUT2D eigenvalue weighted by molar-refractivity contribution is 6.03. The van der Waals surface area contributed by atoms with Crippen LogP contribution < -0.4 is 10.5 Å². The van der Waals surface area contributed by atoms with Gasteiger partial charge in [0.25, 0.3) is 0 Å². The number of nitrogens with zero attached hydrogens (tertiary/aromatic N) is 7. The molecule has 1 unspecified atom stereocenters. The van der Waals surface area contributed by atoms with Crippen LogP contribution >= 0.6 is 0 Å². The van der Waals surface area contributed by atoms with Crippen LogP contribution in [0.15, 0.2) is 35.7 Å². The lowest BCUT2D eigenvalue weighted by Gasteiger charge is -2.18. The molecule has 1 aromatic carbocycles. The van der Waals surface area contributed by atoms with E-state index in [0.29, 0.717) is 13.2 Å². The third-order valence-electron chi connectivity index (χ3n) is 5.56. The van der Waals surface area contributed by atoms with E-state index in [9.17, 15) is 0 Å². The molecule has 0 saturated heterocycles. The summed E-state index contributed by atoms with van der Waals surface area (Å²) < 4.78 is 9.79. The molecule has 10 heteroatoms. The molecule has 0 spiro atoms. The zero-order valence-corrected chi connectivity index (χ0v) is 17.6. The Bertz CT molecular complexity index is 1130. The topological polar surface area (TPSA) is 120 Å². The number of rotatable bonds is 5. The average Bonchev–Trinajstić information content (AvgIpc) is 3.45. The molecular formula is C21H26N8O2. The van der Waals surface area contributed by atoms with Crippen LogP contribution in [0, 0.1) is 0 Å². The Labute approximate surface area is 180 Å². The summed E-state index contributed by atoms with van der Waals surface area (Å²) in [5.41, 5.74) is 8.64. The molecule has 0 fully saturated rings. The summed E-state index contributed by atoms with van der Waals surface area (Å²) in [6, 6.07) is 6.11. The second-order valence-corrected chi connectivity index (χ2v) is 8.06. The number of hydrogen-bond acceptors (Lipinski definition) is 8. The molecule has 5 rings (SSSR count). The summed E-state index contributed by atoms with van der Waals surface area (Å²) >= 11 is 0. The fraction of sp³-hybridized carbons (Fsp3) is 0.429. The Morgan fingerprint density at radius 2 is 2.19 bits per heavy atom. The Balaban J connectivity index is 1.49. The van der Waals surface area contributed by atoms with Crippen molar-refractivity contribution < 1.29 is 9.84 Å². The van der Waals surface area contributed by atoms with Crippen LogP contribution in [0.25, 0.3) is 11.3 Å². The first kappa shape index (κ1) is 19.6. The molecule has 4 heterocycles. The fourth-order valence-electron chi connectivity index (χ4n) is 4.10. The van der Waals surface area contributed by atoms with E-state index in [0.717, 1.165) is 47.3 Å². The normalized spacial score (nSPS) is 17.9. The van der Waals surface area contributed by atoms with Gasteiger partial charge in [0.1, 0.15) is 24.2 Å². The second-order valence-electron chi connectivity index (χ2n) is 8.06. The number of nitrogen functional groups attached to an aromatic ring is 1. The van der Waals surface area contributed by atoms with Gasteiger partial charge in [-0.3, -0.25) is 4.99 Å². The van der Waals surface area contributed by atoms with Crippen LogP contribution in [-0.4, -0.2) is 66.5 Å². The lowest BCUT2D eigenvalue weighted by atomic mass is 10.1. The molecular weight excluding hydrogens is 396 g/mol. The molecule has 162 valence electrons. The number of ether oxygens (including phenoxy) is 1. The molecule has 0 saturated carbocycles. The van der Waals surface area contributed by atoms with Crippen LogP contribution in [0.2, 0.25) is 0 Å². The molecule has 3 N–H and O–H groups in total. The monoisotopic (exact) mass is 422 g/mol. The highest BCUT2D eigenvalue weighted by Gasteiger charge is 2.34. The summed E-state index contributed by atoms with van der Waals surface area (Å²) in [4.78, 5) is 16.2. The number of imidazole rings is 1. The standard InChI is InChI=1S/C21H26N8O2/c1-13(2)29-20(25-21(22)26-29)17-11-28-6-8-31-18-9-14(3-4-15(18)19(28)24-17)16-10-27(5-7-30)12-23-16/h3-4,9-10,12-13,17,30H,5-8,11H2,1-2H3,(H2,22,26). The van der Waals surface area contributed by atoms with Crippen molar-refractivity contribution in [3.8, 4) is 17.0 Å². The van der Waals surface area contributed by atoms with E-state index < -0.39 is 0 Å². The van der Waals surface area contributed by atoms with E-state index in [2.05, 4.69) is 33.8 Å². The van der Waals surface area contributed by atoms with Crippen LogP contribution in [0.3, 0.4) is 0 Å². The zero-order chi connectivity index (χ0) is 21.5. The maximum atomic E-state index is 9.13. The minimum Gasteiger partial charge on any atom is -0.491 e. The summed E-state index contributed by atoms with van der Waals surface area (Å²) in [7, 11) is 0. The predicted octanol–water partition coefficient (Wildman–Crippen LogP) is 1.49. The summed E-state index contributed by atoms with van der Waals surface area (Å²) in [6.07, 6.45) is 3.65. The van der Waals surface area contributed by atoms with Gasteiger partial charge < -0.3 is 25.0 Å². The van der Waals surface area contributed by atoms with Gasteiger partial charge in [-0.05, 0) is 26.0 Å². The van der Waals surface area contributed by atoms with Gasteiger partial charge in [-0.15, -0.1) is 5.10 Å². The highest BCUT2D eigenvalue weighted by Crippen LogP contribution is 2.34. The van der Waals surface area contributed by atoms with Gasteiger partial charge in [0.2, 0.25) is 5.95 Å². The van der Waals surface area contributed by atoms with E-state index in [-0.39, 0.29) is 24.6 Å². The van der Waals surface area contributed by atoms with Gasteiger partial charge >= 0.3 is 0 Å². The highest BCUT2D eigenvalue weighted by atomic mass is 16.5. The third kappa shape index (κ3) is 3.52. The lowest BCUT2D eigenvalue weighted by Crippen LogP contribution is -2.30. The van der Waals surface area contributed by atoms with Crippen molar-refractivity contribution in [1.82, 2.24) is 29.2 Å². The van der Waals surface area contributed by atoms with Gasteiger partial charge in [-0.2, -0.15) is 4.98 Å². The Morgan fingerprint density at radius 1 is 1.32 bits per heavy atom. The zero-order valence-electron chi connectivity index (χ0n) is 17.6. The van der Waals surface area contributed by atoms with Crippen molar-refractivity contribution in [3.05, 3.63) is 42.1 Å². The number of nitrogens with two attached hydrogens (primary N) is 1. The van der Waals surface area contributed by atoms with E-state index >= 15 is 0 Å². The molecule has 2 aliphatic rings. The lowest BCUT2D eigenvalue weighted by molar-refractivity contribution is 0.276. The number of fused-ring (bicyclic) bond motifs is 3. The Kier molecular flexibility index (Phi) is 4.85. The number of aliphatic imine (C=N–C) groups is 1. The van der Waals surface area contributed by atoms with E-state index in [1.54, 1.807) is 6.33 Å². The molecule has 2 aromatic heterocycles. The van der Waals surface area contributed by atoms with Crippen molar-refractivity contribution in [2.75, 3.05) is 32.0 Å². The maximum absolute atomic E-state index is 9.13. The van der Waals surface area contributed by atoms with E-state index in [4.69, 9.17) is 20.6 Å². The number of hydrogen-bond donors (Lipinski definition) is 2. The van der Waals surface area contributed by atoms with Gasteiger partial charge in [0.05, 0.1) is 30.7 Å². The summed E-state index contributed by atoms with van der Waals surface area (Å²) in [5.74, 6) is 2.77. The van der Waals surface area contributed by atoms with Crippen LogP contribution in [0.5, 0.6) is 5.75 Å². The van der Waals surface area contributed by atoms with Gasteiger partial charge in [-0.1, -0.05) is 6.07 Å². The molecule has 2 aliphatic heterocycles. The van der Waals surface area contributed by atoms with Crippen LogP contribution in [0.4, 0.5) is 5.95 Å². The average molecular weight is 422 g/mol.